The van der Waals surface area contributed by atoms with Crippen LogP contribution in [0.1, 0.15) is 35.4 Å². The van der Waals surface area contributed by atoms with E-state index in [0.717, 1.165) is 23.7 Å². The Morgan fingerprint density at radius 2 is 2.20 bits per heavy atom. The smallest absolute Gasteiger partial charge is 0.174 e. The van der Waals surface area contributed by atoms with Crippen molar-refractivity contribution in [2.45, 2.75) is 45.9 Å². The van der Waals surface area contributed by atoms with Gasteiger partial charge in [0.05, 0.1) is 5.69 Å². The van der Waals surface area contributed by atoms with Gasteiger partial charge in [-0.3, -0.25) is 0 Å². The quantitative estimate of drug-likeness (QED) is 0.877. The van der Waals surface area contributed by atoms with Crippen LogP contribution in [0.4, 0.5) is 0 Å². The molecule has 4 heteroatoms. The largest absolute Gasteiger partial charge is 0.485 e. The van der Waals surface area contributed by atoms with Crippen LogP contribution < -0.4 is 10.1 Å². The van der Waals surface area contributed by atoms with E-state index in [9.17, 15) is 0 Å². The first-order chi connectivity index (χ1) is 9.72. The van der Waals surface area contributed by atoms with E-state index >= 15 is 0 Å². The highest BCUT2D eigenvalue weighted by Crippen LogP contribution is 2.22. The normalized spacial score (nSPS) is 14.5. The number of ether oxygens (including phenoxy) is 1. The zero-order valence-corrected chi connectivity index (χ0v) is 12.0. The molecule has 0 bridgehead atoms. The van der Waals surface area contributed by atoms with E-state index in [0.29, 0.717) is 12.6 Å². The first-order valence-corrected chi connectivity index (χ1v) is 7.09. The number of benzene rings is 1. The van der Waals surface area contributed by atoms with Gasteiger partial charge in [-0.05, 0) is 43.9 Å². The number of nitrogens with one attached hydrogen (secondary N) is 1. The molecule has 0 saturated heterocycles. The van der Waals surface area contributed by atoms with Crippen molar-refractivity contribution in [1.29, 1.82) is 0 Å². The van der Waals surface area contributed by atoms with Crippen LogP contribution in [0, 0.1) is 13.8 Å². The van der Waals surface area contributed by atoms with E-state index in [4.69, 9.17) is 9.26 Å². The van der Waals surface area contributed by atoms with E-state index in [1.165, 1.54) is 24.0 Å². The lowest BCUT2D eigenvalue weighted by atomic mass is 10.1. The summed E-state index contributed by atoms with van der Waals surface area (Å²) in [5, 5.41) is 7.46. The molecule has 0 amide bonds. The third-order valence-electron chi connectivity index (χ3n) is 3.68. The molecular formula is C16H20N2O2. The number of hydrogen-bond acceptors (Lipinski definition) is 4. The van der Waals surface area contributed by atoms with Gasteiger partial charge in [-0.15, -0.1) is 0 Å². The van der Waals surface area contributed by atoms with Gasteiger partial charge in [-0.25, -0.2) is 0 Å². The monoisotopic (exact) mass is 272 g/mol. The van der Waals surface area contributed by atoms with E-state index in [2.05, 4.69) is 30.4 Å². The average molecular weight is 272 g/mol. The highest BCUT2D eigenvalue weighted by atomic mass is 16.5. The van der Waals surface area contributed by atoms with Crippen LogP contribution in [0.15, 0.2) is 28.8 Å². The number of aryl methyl sites for hydroxylation is 1. The molecule has 1 heterocycles. The lowest BCUT2D eigenvalue weighted by Crippen LogP contribution is -2.15. The second-order valence-corrected chi connectivity index (χ2v) is 5.43. The molecule has 0 atom stereocenters. The maximum absolute atomic E-state index is 5.80. The average Bonchev–Trinajstić information content (AvgIpc) is 3.17. The minimum atomic E-state index is 0.417. The molecule has 20 heavy (non-hydrogen) atoms. The second kappa shape index (κ2) is 5.67. The van der Waals surface area contributed by atoms with Crippen molar-refractivity contribution in [3.63, 3.8) is 0 Å². The molecule has 1 aliphatic rings. The number of aromatic nitrogens is 1. The maximum Gasteiger partial charge on any atom is 0.174 e. The highest BCUT2D eigenvalue weighted by molar-refractivity contribution is 5.38. The Labute approximate surface area is 119 Å². The minimum absolute atomic E-state index is 0.417. The third kappa shape index (κ3) is 3.20. The number of nitrogens with zero attached hydrogens (tertiary/aromatic N) is 1. The summed E-state index contributed by atoms with van der Waals surface area (Å²) in [6.07, 6.45) is 2.56. The summed E-state index contributed by atoms with van der Waals surface area (Å²) in [5.41, 5.74) is 3.34. The molecule has 0 unspecified atom stereocenters. The van der Waals surface area contributed by atoms with E-state index in [1.807, 2.05) is 18.2 Å². The molecule has 0 spiro atoms. The molecule has 1 fully saturated rings. The summed E-state index contributed by atoms with van der Waals surface area (Å²) in [7, 11) is 0. The van der Waals surface area contributed by atoms with Crippen LogP contribution in [-0.4, -0.2) is 11.2 Å². The molecule has 1 aromatic carbocycles. The Bertz CT molecular complexity index is 588. The van der Waals surface area contributed by atoms with E-state index in [1.54, 1.807) is 0 Å². The van der Waals surface area contributed by atoms with Gasteiger partial charge < -0.3 is 14.6 Å². The summed E-state index contributed by atoms with van der Waals surface area (Å²) in [6, 6.07) is 8.71. The van der Waals surface area contributed by atoms with Gasteiger partial charge in [0.2, 0.25) is 0 Å². The molecule has 106 valence electrons. The van der Waals surface area contributed by atoms with Gasteiger partial charge >= 0.3 is 0 Å². The predicted octanol–water partition coefficient (Wildman–Crippen LogP) is 3.12. The Kier molecular flexibility index (Phi) is 3.74. The molecule has 0 radical (unpaired) electrons. The van der Waals surface area contributed by atoms with Crippen LogP contribution >= 0.6 is 0 Å². The van der Waals surface area contributed by atoms with Crippen molar-refractivity contribution < 1.29 is 9.26 Å². The fourth-order valence-corrected chi connectivity index (χ4v) is 2.07. The van der Waals surface area contributed by atoms with E-state index < -0.39 is 0 Å². The van der Waals surface area contributed by atoms with Gasteiger partial charge in [-0.1, -0.05) is 17.3 Å². The molecule has 0 aliphatic heterocycles. The number of hydrogen-bond donors (Lipinski definition) is 1. The van der Waals surface area contributed by atoms with Crippen LogP contribution in [0.25, 0.3) is 0 Å². The summed E-state index contributed by atoms with van der Waals surface area (Å²) >= 11 is 0. The third-order valence-corrected chi connectivity index (χ3v) is 3.68. The first kappa shape index (κ1) is 13.2. The van der Waals surface area contributed by atoms with Gasteiger partial charge in [0, 0.05) is 18.7 Å². The summed E-state index contributed by atoms with van der Waals surface area (Å²) in [6.45, 7) is 5.34. The zero-order valence-electron chi connectivity index (χ0n) is 12.0. The standard InChI is InChI=1S/C16H20N2O2/c1-11-4-3-5-16(12(11)2)19-10-15-8-14(18-20-15)9-17-13-6-7-13/h3-5,8,13,17H,6-7,9-10H2,1-2H3. The van der Waals surface area contributed by atoms with E-state index in [-0.39, 0.29) is 0 Å². The van der Waals surface area contributed by atoms with Gasteiger partial charge in [-0.2, -0.15) is 0 Å². The van der Waals surface area contributed by atoms with Gasteiger partial charge in [0.15, 0.2) is 5.76 Å². The lowest BCUT2D eigenvalue weighted by molar-refractivity contribution is 0.247. The summed E-state index contributed by atoms with van der Waals surface area (Å²) in [4.78, 5) is 0. The summed E-state index contributed by atoms with van der Waals surface area (Å²) in [5.74, 6) is 1.66. The summed E-state index contributed by atoms with van der Waals surface area (Å²) < 4.78 is 11.1. The van der Waals surface area contributed by atoms with Crippen LogP contribution in [0.5, 0.6) is 5.75 Å². The van der Waals surface area contributed by atoms with Gasteiger partial charge in [0.1, 0.15) is 12.4 Å². The van der Waals surface area contributed by atoms with Crippen LogP contribution in [0.3, 0.4) is 0 Å². The second-order valence-electron chi connectivity index (χ2n) is 5.43. The SMILES string of the molecule is Cc1cccc(OCc2cc(CNC3CC3)no2)c1C. The Morgan fingerprint density at radius 1 is 1.35 bits per heavy atom. The van der Waals surface area contributed by atoms with Crippen molar-refractivity contribution in [1.82, 2.24) is 10.5 Å². The topological polar surface area (TPSA) is 47.3 Å². The van der Waals surface area contributed by atoms with Crippen molar-refractivity contribution in [2.75, 3.05) is 0 Å². The fraction of sp³-hybridized carbons (Fsp3) is 0.438. The van der Waals surface area contributed by atoms with Crippen molar-refractivity contribution in [2.24, 2.45) is 0 Å². The molecule has 2 aromatic rings. The molecule has 1 N–H and O–H groups in total. The van der Waals surface area contributed by atoms with Gasteiger partial charge in [0.25, 0.3) is 0 Å². The molecule has 3 rings (SSSR count). The maximum atomic E-state index is 5.80. The Morgan fingerprint density at radius 3 is 3.00 bits per heavy atom. The number of rotatable bonds is 6. The molecule has 1 saturated carbocycles. The molecule has 1 aromatic heterocycles. The Hall–Kier alpha value is -1.81. The molecule has 1 aliphatic carbocycles. The minimum Gasteiger partial charge on any atom is -0.485 e. The van der Waals surface area contributed by atoms with Crippen molar-refractivity contribution in [3.05, 3.63) is 46.8 Å². The zero-order chi connectivity index (χ0) is 13.9. The highest BCUT2D eigenvalue weighted by Gasteiger charge is 2.20. The Balaban J connectivity index is 1.56. The molecular weight excluding hydrogens is 252 g/mol. The fourth-order valence-electron chi connectivity index (χ4n) is 2.07. The predicted molar refractivity (Wildman–Crippen MR) is 76.6 cm³/mol. The molecule has 4 nitrogen and oxygen atoms in total. The van der Waals surface area contributed by atoms with Crippen LogP contribution in [-0.2, 0) is 13.2 Å². The van der Waals surface area contributed by atoms with Crippen molar-refractivity contribution >= 4 is 0 Å². The first-order valence-electron chi connectivity index (χ1n) is 7.09. The van der Waals surface area contributed by atoms with Crippen molar-refractivity contribution in [3.8, 4) is 5.75 Å². The lowest BCUT2D eigenvalue weighted by Gasteiger charge is -2.08. The van der Waals surface area contributed by atoms with Crippen LogP contribution in [0.2, 0.25) is 0 Å².